The van der Waals surface area contributed by atoms with E-state index < -0.39 is 17.8 Å². The van der Waals surface area contributed by atoms with E-state index >= 15 is 0 Å². The fourth-order valence-electron chi connectivity index (χ4n) is 3.46. The fraction of sp³-hybridized carbons (Fsp3) is 0.318. The number of carboxylic acids is 1. The Kier molecular flexibility index (Phi) is 6.59. The summed E-state index contributed by atoms with van der Waals surface area (Å²) >= 11 is 0. The quantitative estimate of drug-likeness (QED) is 0.783. The lowest BCUT2D eigenvalue weighted by molar-refractivity contribution is -0.142. The number of hydrogen-bond donors (Lipinski definition) is 2. The van der Waals surface area contributed by atoms with Crippen molar-refractivity contribution in [1.82, 2.24) is 10.2 Å². The number of halogens is 1. The van der Waals surface area contributed by atoms with Crippen LogP contribution in [0.3, 0.4) is 0 Å². The first-order valence-electron chi connectivity index (χ1n) is 9.56. The topological polar surface area (TPSA) is 86.7 Å². The fourth-order valence-corrected chi connectivity index (χ4v) is 3.46. The molecule has 2 aromatic rings. The minimum Gasteiger partial charge on any atom is -0.480 e. The van der Waals surface area contributed by atoms with Gasteiger partial charge in [0.2, 0.25) is 5.91 Å². The van der Waals surface area contributed by atoms with E-state index in [1.54, 1.807) is 4.90 Å². The molecule has 0 radical (unpaired) electrons. The lowest BCUT2D eigenvalue weighted by atomic mass is 9.94. The Morgan fingerprint density at radius 3 is 2.24 bits per heavy atom. The van der Waals surface area contributed by atoms with Crippen LogP contribution in [0.2, 0.25) is 0 Å². The Balaban J connectivity index is 1.54. The van der Waals surface area contributed by atoms with E-state index in [9.17, 15) is 23.9 Å². The number of benzene rings is 2. The maximum atomic E-state index is 13.0. The monoisotopic (exact) mass is 398 g/mol. The zero-order valence-electron chi connectivity index (χ0n) is 15.9. The predicted molar refractivity (Wildman–Crippen MR) is 105 cm³/mol. The van der Waals surface area contributed by atoms with Crippen LogP contribution in [0.25, 0.3) is 0 Å². The summed E-state index contributed by atoms with van der Waals surface area (Å²) in [5.74, 6) is -2.32. The standard InChI is InChI=1S/C22H23FN2O4/c23-18-8-6-17(7-9-18)21(27)25-12-10-16(11-13-25)20(26)24-19(22(28)29)14-15-4-2-1-3-5-15/h1-9,16,19H,10-14H2,(H,24,26)(H,28,29)/t19-/m0/s1. The number of aliphatic carboxylic acids is 1. The van der Waals surface area contributed by atoms with Crippen molar-refractivity contribution in [2.24, 2.45) is 5.92 Å². The number of likely N-dealkylation sites (tertiary alicyclic amines) is 1. The molecular weight excluding hydrogens is 375 g/mol. The Labute approximate surface area is 168 Å². The summed E-state index contributed by atoms with van der Waals surface area (Å²) in [6.45, 7) is 0.787. The molecule has 6 nitrogen and oxygen atoms in total. The number of rotatable bonds is 6. The average Bonchev–Trinajstić information content (AvgIpc) is 2.74. The summed E-state index contributed by atoms with van der Waals surface area (Å²) in [6, 6.07) is 13.5. The summed E-state index contributed by atoms with van der Waals surface area (Å²) in [4.78, 5) is 38.2. The Morgan fingerprint density at radius 1 is 1.03 bits per heavy atom. The van der Waals surface area contributed by atoms with Gasteiger partial charge in [-0.05, 0) is 42.7 Å². The number of piperidine rings is 1. The number of nitrogens with one attached hydrogen (secondary N) is 1. The highest BCUT2D eigenvalue weighted by atomic mass is 19.1. The van der Waals surface area contributed by atoms with Crippen LogP contribution in [-0.4, -0.2) is 46.9 Å². The number of carboxylic acid groups (broad SMARTS) is 1. The van der Waals surface area contributed by atoms with Crippen LogP contribution in [0.15, 0.2) is 54.6 Å². The van der Waals surface area contributed by atoms with Crippen molar-refractivity contribution in [3.63, 3.8) is 0 Å². The molecule has 152 valence electrons. The third-order valence-electron chi connectivity index (χ3n) is 5.14. The van der Waals surface area contributed by atoms with Crippen LogP contribution in [0.5, 0.6) is 0 Å². The summed E-state index contributed by atoms with van der Waals surface area (Å²) in [5.41, 5.74) is 1.24. The van der Waals surface area contributed by atoms with Gasteiger partial charge in [-0.2, -0.15) is 0 Å². The van der Waals surface area contributed by atoms with Crippen molar-refractivity contribution >= 4 is 17.8 Å². The van der Waals surface area contributed by atoms with Crippen molar-refractivity contribution in [3.05, 3.63) is 71.5 Å². The lowest BCUT2D eigenvalue weighted by Gasteiger charge is -2.32. The van der Waals surface area contributed by atoms with Gasteiger partial charge in [-0.25, -0.2) is 9.18 Å². The van der Waals surface area contributed by atoms with Crippen molar-refractivity contribution < 1.29 is 23.9 Å². The molecule has 7 heteroatoms. The van der Waals surface area contributed by atoms with E-state index in [2.05, 4.69) is 5.32 Å². The third-order valence-corrected chi connectivity index (χ3v) is 5.14. The molecule has 2 aromatic carbocycles. The van der Waals surface area contributed by atoms with E-state index in [0.29, 0.717) is 31.5 Å². The molecule has 2 amide bonds. The third kappa shape index (κ3) is 5.40. The van der Waals surface area contributed by atoms with E-state index in [4.69, 9.17) is 0 Å². The van der Waals surface area contributed by atoms with E-state index in [0.717, 1.165) is 5.56 Å². The average molecular weight is 398 g/mol. The summed E-state index contributed by atoms with van der Waals surface area (Å²) < 4.78 is 13.0. The molecule has 3 rings (SSSR count). The molecule has 1 aliphatic heterocycles. The molecule has 1 aliphatic rings. The molecular formula is C22H23FN2O4. The Morgan fingerprint density at radius 2 is 1.66 bits per heavy atom. The number of carbonyl (C=O) groups excluding carboxylic acids is 2. The molecule has 0 aromatic heterocycles. The van der Waals surface area contributed by atoms with E-state index in [1.165, 1.54) is 24.3 Å². The Bertz CT molecular complexity index is 862. The van der Waals surface area contributed by atoms with Crippen molar-refractivity contribution in [1.29, 1.82) is 0 Å². The lowest BCUT2D eigenvalue weighted by Crippen LogP contribution is -2.48. The minimum atomic E-state index is -1.08. The van der Waals surface area contributed by atoms with Gasteiger partial charge >= 0.3 is 5.97 Å². The number of nitrogens with zero attached hydrogens (tertiary/aromatic N) is 1. The first kappa shape index (κ1) is 20.5. The molecule has 29 heavy (non-hydrogen) atoms. The van der Waals surface area contributed by atoms with Crippen molar-refractivity contribution in [2.75, 3.05) is 13.1 Å². The smallest absolute Gasteiger partial charge is 0.326 e. The van der Waals surface area contributed by atoms with Crippen LogP contribution >= 0.6 is 0 Å². The molecule has 1 fully saturated rings. The number of hydrogen-bond acceptors (Lipinski definition) is 3. The normalized spacial score (nSPS) is 15.6. The second-order valence-corrected chi connectivity index (χ2v) is 7.16. The van der Waals surface area contributed by atoms with Crippen LogP contribution in [-0.2, 0) is 16.0 Å². The van der Waals surface area contributed by atoms with Gasteiger partial charge in [0, 0.05) is 31.0 Å². The van der Waals surface area contributed by atoms with Crippen LogP contribution < -0.4 is 5.32 Å². The predicted octanol–water partition coefficient (Wildman–Crippen LogP) is 2.49. The van der Waals surface area contributed by atoms with Gasteiger partial charge in [-0.1, -0.05) is 30.3 Å². The van der Waals surface area contributed by atoms with Gasteiger partial charge in [0.05, 0.1) is 0 Å². The molecule has 0 aliphatic carbocycles. The number of carbonyl (C=O) groups is 3. The van der Waals surface area contributed by atoms with Gasteiger partial charge < -0.3 is 15.3 Å². The van der Waals surface area contributed by atoms with Crippen LogP contribution in [0.4, 0.5) is 4.39 Å². The molecule has 1 saturated heterocycles. The first-order valence-corrected chi connectivity index (χ1v) is 9.56. The molecule has 0 bridgehead atoms. The van der Waals surface area contributed by atoms with Gasteiger partial charge in [0.15, 0.2) is 0 Å². The van der Waals surface area contributed by atoms with Gasteiger partial charge in [0.1, 0.15) is 11.9 Å². The number of amides is 2. The van der Waals surface area contributed by atoms with Crippen molar-refractivity contribution in [3.8, 4) is 0 Å². The van der Waals surface area contributed by atoms with E-state index in [1.807, 2.05) is 30.3 Å². The highest BCUT2D eigenvalue weighted by Gasteiger charge is 2.30. The highest BCUT2D eigenvalue weighted by molar-refractivity contribution is 5.94. The maximum absolute atomic E-state index is 13.0. The first-order chi connectivity index (χ1) is 13.9. The highest BCUT2D eigenvalue weighted by Crippen LogP contribution is 2.20. The van der Waals surface area contributed by atoms with Gasteiger partial charge in [-0.15, -0.1) is 0 Å². The summed E-state index contributed by atoms with van der Waals surface area (Å²) in [5, 5.41) is 12.1. The van der Waals surface area contributed by atoms with E-state index in [-0.39, 0.29) is 24.2 Å². The zero-order valence-corrected chi connectivity index (χ0v) is 15.9. The molecule has 0 saturated carbocycles. The molecule has 1 heterocycles. The summed E-state index contributed by atoms with van der Waals surface area (Å²) in [6.07, 6.45) is 1.12. The molecule has 0 spiro atoms. The SMILES string of the molecule is O=C(N[C@@H](Cc1ccccc1)C(=O)O)C1CCN(C(=O)c2ccc(F)cc2)CC1. The van der Waals surface area contributed by atoms with Crippen LogP contribution in [0.1, 0.15) is 28.8 Å². The largest absolute Gasteiger partial charge is 0.480 e. The molecule has 0 unspecified atom stereocenters. The molecule has 2 N–H and O–H groups in total. The second kappa shape index (κ2) is 9.32. The van der Waals surface area contributed by atoms with Crippen molar-refractivity contribution in [2.45, 2.75) is 25.3 Å². The van der Waals surface area contributed by atoms with Gasteiger partial charge in [-0.3, -0.25) is 9.59 Å². The minimum absolute atomic E-state index is 0.198. The molecule has 1 atom stereocenters. The Hall–Kier alpha value is -3.22. The van der Waals surface area contributed by atoms with Crippen LogP contribution in [0, 0.1) is 11.7 Å². The van der Waals surface area contributed by atoms with Gasteiger partial charge in [0.25, 0.3) is 5.91 Å². The summed E-state index contributed by atoms with van der Waals surface area (Å²) in [7, 11) is 0. The zero-order chi connectivity index (χ0) is 20.8. The maximum Gasteiger partial charge on any atom is 0.326 e. The second-order valence-electron chi connectivity index (χ2n) is 7.16.